The number of sulfonamides is 1. The average molecular weight is 364 g/mol. The summed E-state index contributed by atoms with van der Waals surface area (Å²) in [5.74, 6) is -0.237. The molecule has 10 heteroatoms. The maximum Gasteiger partial charge on any atom is 0.274 e. The maximum atomic E-state index is 12.9. The number of hydrogen-bond acceptors (Lipinski definition) is 6. The van der Waals surface area contributed by atoms with Gasteiger partial charge >= 0.3 is 0 Å². The van der Waals surface area contributed by atoms with Crippen LogP contribution < -0.4 is 0 Å². The Bertz CT molecular complexity index is 885. The van der Waals surface area contributed by atoms with Gasteiger partial charge in [-0.1, -0.05) is 0 Å². The molecule has 0 atom stereocenters. The van der Waals surface area contributed by atoms with Crippen LogP contribution in [0.5, 0.6) is 0 Å². The first-order valence-electron chi connectivity index (χ1n) is 7.88. The molecule has 1 saturated heterocycles. The van der Waals surface area contributed by atoms with E-state index >= 15 is 0 Å². The molecule has 0 unspecified atom stereocenters. The molecule has 9 nitrogen and oxygen atoms in total. The fourth-order valence-electron chi connectivity index (χ4n) is 2.96. The number of carbonyl (C=O) groups excluding carboxylic acids is 1. The van der Waals surface area contributed by atoms with Gasteiger partial charge in [0, 0.05) is 45.6 Å². The summed E-state index contributed by atoms with van der Waals surface area (Å²) in [7, 11) is -1.91. The lowest BCUT2D eigenvalue weighted by atomic mass is 10.3. The Hall–Kier alpha value is -2.33. The number of rotatable bonds is 3. The van der Waals surface area contributed by atoms with E-state index in [1.54, 1.807) is 30.5 Å². The van der Waals surface area contributed by atoms with Gasteiger partial charge < -0.3 is 4.90 Å². The van der Waals surface area contributed by atoms with Crippen molar-refractivity contribution in [1.82, 2.24) is 29.0 Å². The molecule has 25 heavy (non-hydrogen) atoms. The molecule has 1 amide bonds. The first-order valence-corrected chi connectivity index (χ1v) is 9.32. The minimum Gasteiger partial charge on any atom is -0.335 e. The van der Waals surface area contributed by atoms with Gasteiger partial charge in [-0.15, -0.1) is 0 Å². The lowest BCUT2D eigenvalue weighted by molar-refractivity contribution is 0.0691. The van der Waals surface area contributed by atoms with E-state index in [0.29, 0.717) is 24.5 Å². The van der Waals surface area contributed by atoms with Crippen LogP contribution in [0.25, 0.3) is 0 Å². The molecule has 2 aromatic rings. The molecule has 134 valence electrons. The Morgan fingerprint density at radius 1 is 1.12 bits per heavy atom. The third-order valence-corrected chi connectivity index (χ3v) is 6.50. The summed E-state index contributed by atoms with van der Waals surface area (Å²) < 4.78 is 28.8. The van der Waals surface area contributed by atoms with Crippen molar-refractivity contribution in [3.63, 3.8) is 0 Å². The minimum atomic E-state index is -3.63. The van der Waals surface area contributed by atoms with Crippen molar-refractivity contribution in [2.24, 2.45) is 7.05 Å². The molecule has 0 aromatic carbocycles. The third kappa shape index (κ3) is 3.14. The monoisotopic (exact) mass is 364 g/mol. The van der Waals surface area contributed by atoms with Crippen molar-refractivity contribution in [2.75, 3.05) is 26.2 Å². The van der Waals surface area contributed by atoms with Crippen molar-refractivity contribution in [1.29, 1.82) is 0 Å². The van der Waals surface area contributed by atoms with Crippen molar-refractivity contribution in [3.05, 3.63) is 35.7 Å². The zero-order valence-electron chi connectivity index (χ0n) is 14.4. The quantitative estimate of drug-likeness (QED) is 0.758. The topological polar surface area (TPSA) is 101 Å². The predicted octanol–water partition coefficient (Wildman–Crippen LogP) is -0.0264. The molecule has 0 aliphatic carbocycles. The van der Waals surface area contributed by atoms with Gasteiger partial charge in [0.25, 0.3) is 5.91 Å². The zero-order valence-corrected chi connectivity index (χ0v) is 15.2. The number of amides is 1. The van der Waals surface area contributed by atoms with Crippen LogP contribution in [-0.4, -0.2) is 69.5 Å². The first-order chi connectivity index (χ1) is 11.8. The summed E-state index contributed by atoms with van der Waals surface area (Å²) in [5.41, 5.74) is 1.35. The number of aromatic nitrogens is 4. The molecular weight excluding hydrogens is 344 g/mol. The molecule has 1 aliphatic heterocycles. The first kappa shape index (κ1) is 17.5. The lowest BCUT2D eigenvalue weighted by Gasteiger charge is -2.33. The normalized spacial score (nSPS) is 16.2. The van der Waals surface area contributed by atoms with Crippen LogP contribution in [0, 0.1) is 13.8 Å². The molecule has 3 rings (SSSR count). The lowest BCUT2D eigenvalue weighted by Crippen LogP contribution is -2.50. The van der Waals surface area contributed by atoms with Crippen molar-refractivity contribution in [3.8, 4) is 0 Å². The number of aryl methyl sites for hydroxylation is 2. The highest BCUT2D eigenvalue weighted by molar-refractivity contribution is 7.89. The van der Waals surface area contributed by atoms with Crippen molar-refractivity contribution in [2.45, 2.75) is 18.7 Å². The molecule has 0 N–H and O–H groups in total. The zero-order chi connectivity index (χ0) is 18.2. The van der Waals surface area contributed by atoms with E-state index in [-0.39, 0.29) is 29.6 Å². The molecule has 0 radical (unpaired) electrons. The maximum absolute atomic E-state index is 12.9. The van der Waals surface area contributed by atoms with Crippen LogP contribution in [0.3, 0.4) is 0 Å². The Kier molecular flexibility index (Phi) is 4.56. The van der Waals surface area contributed by atoms with Crippen LogP contribution >= 0.6 is 0 Å². The van der Waals surface area contributed by atoms with Gasteiger partial charge in [-0.05, 0) is 13.8 Å². The summed E-state index contributed by atoms with van der Waals surface area (Å²) in [4.78, 5) is 22.1. The highest BCUT2D eigenvalue weighted by Crippen LogP contribution is 2.24. The Balaban J connectivity index is 1.75. The second-order valence-corrected chi connectivity index (χ2v) is 7.79. The standard InChI is InChI=1S/C15H20N6O3S/c1-11-14(12(2)19(3)18-11)25(23,24)21-8-6-20(7-9-21)15(22)13-10-16-4-5-17-13/h4-5,10H,6-9H2,1-3H3. The third-order valence-electron chi connectivity index (χ3n) is 4.35. The van der Waals surface area contributed by atoms with E-state index in [1.807, 2.05) is 0 Å². The van der Waals surface area contributed by atoms with E-state index in [1.165, 1.54) is 22.9 Å². The van der Waals surface area contributed by atoms with E-state index < -0.39 is 10.0 Å². The Morgan fingerprint density at radius 2 is 1.80 bits per heavy atom. The summed E-state index contributed by atoms with van der Waals surface area (Å²) >= 11 is 0. The van der Waals surface area contributed by atoms with Gasteiger partial charge in [-0.3, -0.25) is 14.5 Å². The van der Waals surface area contributed by atoms with E-state index in [2.05, 4.69) is 15.1 Å². The highest BCUT2D eigenvalue weighted by Gasteiger charge is 2.34. The molecule has 0 spiro atoms. The van der Waals surface area contributed by atoms with Crippen LogP contribution in [0.15, 0.2) is 23.5 Å². The molecule has 3 heterocycles. The van der Waals surface area contributed by atoms with E-state index in [9.17, 15) is 13.2 Å². The molecular formula is C15H20N6O3S. The summed E-state index contributed by atoms with van der Waals surface area (Å²) in [6.45, 7) is 4.53. The molecule has 1 fully saturated rings. The van der Waals surface area contributed by atoms with Crippen molar-refractivity contribution < 1.29 is 13.2 Å². The second-order valence-electron chi connectivity index (χ2n) is 5.91. The fraction of sp³-hybridized carbons (Fsp3) is 0.467. The SMILES string of the molecule is Cc1nn(C)c(C)c1S(=O)(=O)N1CCN(C(=O)c2cnccn2)CC1. The smallest absolute Gasteiger partial charge is 0.274 e. The Morgan fingerprint density at radius 3 is 2.32 bits per heavy atom. The number of piperazine rings is 1. The second kappa shape index (κ2) is 6.52. The number of nitrogens with zero attached hydrogens (tertiary/aromatic N) is 6. The van der Waals surface area contributed by atoms with Gasteiger partial charge in [0.1, 0.15) is 10.6 Å². The van der Waals surface area contributed by atoms with E-state index in [0.717, 1.165) is 0 Å². The van der Waals surface area contributed by atoms with E-state index in [4.69, 9.17) is 0 Å². The molecule has 2 aromatic heterocycles. The Labute approximate surface area is 146 Å². The van der Waals surface area contributed by atoms with Gasteiger partial charge in [0.05, 0.1) is 17.6 Å². The highest BCUT2D eigenvalue weighted by atomic mass is 32.2. The fourth-order valence-corrected chi connectivity index (χ4v) is 4.78. The molecule has 1 aliphatic rings. The number of carbonyl (C=O) groups is 1. The van der Waals surface area contributed by atoms with Crippen LogP contribution in [0.4, 0.5) is 0 Å². The summed E-state index contributed by atoms with van der Waals surface area (Å²) in [5, 5.41) is 4.19. The predicted molar refractivity (Wildman–Crippen MR) is 89.4 cm³/mol. The van der Waals surface area contributed by atoms with Gasteiger partial charge in [0.2, 0.25) is 10.0 Å². The van der Waals surface area contributed by atoms with Gasteiger partial charge in [-0.2, -0.15) is 9.40 Å². The van der Waals surface area contributed by atoms with Gasteiger partial charge in [-0.25, -0.2) is 13.4 Å². The van der Waals surface area contributed by atoms with Crippen LogP contribution in [0.1, 0.15) is 21.9 Å². The summed E-state index contributed by atoms with van der Waals surface area (Å²) in [6, 6.07) is 0. The van der Waals surface area contributed by atoms with Crippen molar-refractivity contribution >= 4 is 15.9 Å². The largest absolute Gasteiger partial charge is 0.335 e. The summed E-state index contributed by atoms with van der Waals surface area (Å²) in [6.07, 6.45) is 4.37. The minimum absolute atomic E-state index is 0.237. The van der Waals surface area contributed by atoms with Crippen LogP contribution in [-0.2, 0) is 17.1 Å². The van der Waals surface area contributed by atoms with Gasteiger partial charge in [0.15, 0.2) is 0 Å². The van der Waals surface area contributed by atoms with Crippen LogP contribution in [0.2, 0.25) is 0 Å². The number of hydrogen-bond donors (Lipinski definition) is 0. The molecule has 0 bridgehead atoms. The molecule has 0 saturated carbocycles. The average Bonchev–Trinajstić information content (AvgIpc) is 2.87.